The quantitative estimate of drug-likeness (QED) is 0.307. The van der Waals surface area contributed by atoms with Crippen molar-refractivity contribution in [2.75, 3.05) is 19.5 Å². The minimum absolute atomic E-state index is 0.0560. The first-order valence-corrected chi connectivity index (χ1v) is 11.6. The van der Waals surface area contributed by atoms with Crippen LogP contribution in [0, 0.1) is 11.6 Å². The van der Waals surface area contributed by atoms with Crippen LogP contribution in [-0.4, -0.2) is 45.4 Å². The second-order valence-corrected chi connectivity index (χ2v) is 8.40. The Hall–Kier alpha value is -4.49. The summed E-state index contributed by atoms with van der Waals surface area (Å²) < 4.78 is 81.5. The molecule has 14 heteroatoms. The highest BCUT2D eigenvalue weighted by atomic mass is 19.4. The summed E-state index contributed by atoms with van der Waals surface area (Å²) in [5.74, 6) is -4.92. The molecule has 0 saturated carbocycles. The molecule has 206 valence electrons. The Balaban J connectivity index is 1.76. The van der Waals surface area contributed by atoms with Crippen molar-refractivity contribution in [1.82, 2.24) is 24.9 Å². The number of aromatic nitrogens is 4. The highest BCUT2D eigenvalue weighted by Gasteiger charge is 2.41. The van der Waals surface area contributed by atoms with Crippen molar-refractivity contribution >= 4 is 17.2 Å². The van der Waals surface area contributed by atoms with Crippen molar-refractivity contribution in [2.45, 2.75) is 32.5 Å². The van der Waals surface area contributed by atoms with Crippen LogP contribution in [0.3, 0.4) is 0 Å². The Bertz CT molecular complexity index is 1540. The fourth-order valence-electron chi connectivity index (χ4n) is 3.95. The van der Waals surface area contributed by atoms with Crippen molar-refractivity contribution in [3.8, 4) is 22.8 Å². The number of alkyl halides is 3. The van der Waals surface area contributed by atoms with Gasteiger partial charge in [-0.1, -0.05) is 0 Å². The van der Waals surface area contributed by atoms with Crippen LogP contribution in [0.15, 0.2) is 36.7 Å². The molecule has 0 fully saturated rings. The predicted molar refractivity (Wildman–Crippen MR) is 130 cm³/mol. The maximum Gasteiger partial charge on any atom is 0.398 e. The van der Waals surface area contributed by atoms with E-state index in [1.54, 1.807) is 6.92 Å². The van der Waals surface area contributed by atoms with Gasteiger partial charge < -0.3 is 20.5 Å². The van der Waals surface area contributed by atoms with Crippen molar-refractivity contribution in [3.63, 3.8) is 0 Å². The molecule has 0 spiro atoms. The number of amides is 1. The summed E-state index contributed by atoms with van der Waals surface area (Å²) in [5.41, 5.74) is 5.53. The van der Waals surface area contributed by atoms with Gasteiger partial charge in [-0.05, 0) is 49.7 Å². The Morgan fingerprint density at radius 3 is 2.59 bits per heavy atom. The summed E-state index contributed by atoms with van der Waals surface area (Å²) >= 11 is 0. The number of rotatable bonds is 8. The van der Waals surface area contributed by atoms with E-state index in [0.717, 1.165) is 36.0 Å². The molecule has 0 aliphatic heterocycles. The first-order valence-electron chi connectivity index (χ1n) is 11.6. The van der Waals surface area contributed by atoms with Gasteiger partial charge in [0.15, 0.2) is 5.82 Å². The van der Waals surface area contributed by atoms with Crippen LogP contribution in [-0.2, 0) is 6.54 Å². The molecule has 0 unspecified atom stereocenters. The number of nitrogens with two attached hydrogens (primary N) is 1. The number of ether oxygens (including phenoxy) is 2. The molecule has 2 heterocycles. The third-order valence-electron chi connectivity index (χ3n) is 5.87. The summed E-state index contributed by atoms with van der Waals surface area (Å²) in [6.45, 7) is 2.41. The smallest absolute Gasteiger partial charge is 0.398 e. The average molecular weight is 550 g/mol. The lowest BCUT2D eigenvalue weighted by Gasteiger charge is -2.14. The fraction of sp³-hybridized carbons (Fsp3) is 0.280. The maximum absolute atomic E-state index is 15.6. The van der Waals surface area contributed by atoms with Crippen molar-refractivity contribution in [2.24, 2.45) is 0 Å². The third-order valence-corrected chi connectivity index (χ3v) is 5.87. The number of carbonyl (C=O) groups excluding carboxylic acids is 1. The predicted octanol–water partition coefficient (Wildman–Crippen LogP) is 4.65. The highest BCUT2D eigenvalue weighted by Crippen LogP contribution is 2.41. The zero-order valence-corrected chi connectivity index (χ0v) is 20.9. The van der Waals surface area contributed by atoms with Crippen LogP contribution in [0.5, 0.6) is 11.5 Å². The van der Waals surface area contributed by atoms with E-state index >= 15 is 4.39 Å². The number of benzene rings is 2. The number of halogens is 5. The molecule has 4 rings (SSSR count). The van der Waals surface area contributed by atoms with Crippen molar-refractivity contribution in [3.05, 3.63) is 65.2 Å². The van der Waals surface area contributed by atoms with Crippen LogP contribution >= 0.6 is 0 Å². The average Bonchev–Trinajstić information content (AvgIpc) is 3.26. The summed E-state index contributed by atoms with van der Waals surface area (Å²) in [7, 11) is 1.32. The molecule has 3 N–H and O–H groups in total. The first-order chi connectivity index (χ1) is 18.5. The lowest BCUT2D eigenvalue weighted by Crippen LogP contribution is -2.23. The summed E-state index contributed by atoms with van der Waals surface area (Å²) in [6.07, 6.45) is -3.69. The molecule has 0 aliphatic rings. The molecule has 0 bridgehead atoms. The number of carbonyl (C=O) groups is 1. The summed E-state index contributed by atoms with van der Waals surface area (Å²) in [5, 5.41) is 6.41. The molecule has 0 saturated heterocycles. The second-order valence-electron chi connectivity index (χ2n) is 8.40. The lowest BCUT2D eigenvalue weighted by molar-refractivity contribution is -0.148. The molecule has 39 heavy (non-hydrogen) atoms. The van der Waals surface area contributed by atoms with E-state index < -0.39 is 35.5 Å². The number of imidazole rings is 1. The number of methoxy groups -OCH3 is 1. The summed E-state index contributed by atoms with van der Waals surface area (Å²) in [6, 6.07) is 5.90. The molecule has 2 aromatic carbocycles. The molecule has 0 radical (unpaired) electrons. The van der Waals surface area contributed by atoms with Gasteiger partial charge in [0.2, 0.25) is 0 Å². The van der Waals surface area contributed by atoms with E-state index in [0.29, 0.717) is 0 Å². The van der Waals surface area contributed by atoms with E-state index in [9.17, 15) is 22.4 Å². The van der Waals surface area contributed by atoms with Gasteiger partial charge in [0.25, 0.3) is 5.91 Å². The minimum Gasteiger partial charge on any atom is -0.496 e. The molecule has 4 aromatic rings. The lowest BCUT2D eigenvalue weighted by atomic mass is 10.0. The second kappa shape index (κ2) is 10.7. The van der Waals surface area contributed by atoms with Gasteiger partial charge in [0.05, 0.1) is 24.8 Å². The third kappa shape index (κ3) is 5.40. The van der Waals surface area contributed by atoms with Gasteiger partial charge in [-0.15, -0.1) is 0 Å². The molecule has 0 aliphatic carbocycles. The number of hydrogen-bond acceptors (Lipinski definition) is 7. The van der Waals surface area contributed by atoms with Gasteiger partial charge in [-0.3, -0.25) is 4.79 Å². The topological polar surface area (TPSA) is 117 Å². The Morgan fingerprint density at radius 2 is 1.92 bits per heavy atom. The number of nitrogens with one attached hydrogen (secondary N) is 1. The van der Waals surface area contributed by atoms with Gasteiger partial charge in [0.1, 0.15) is 52.4 Å². The number of hydrogen-bond donors (Lipinski definition) is 2. The molecular formula is C25H23F5N6O3. The normalized spacial score (nSPS) is 12.4. The molecule has 1 amide bonds. The zero-order valence-electron chi connectivity index (χ0n) is 20.9. The standard InChI is InChI=1S/C25H23F5N6O3/c1-4-39-18-8-13(10-32-24(37)15-9-14(26)5-6-17(15)38-3)7-16(27)19(18)20-21-22(31)33-11-34-36(21)23(35-20)12(2)25(28,29)30/h5-9,11-12H,4,10H2,1-3H3,(H,32,37)(H2,31,33,34)/t12-/m1/s1. The maximum atomic E-state index is 15.6. The molecule has 2 aromatic heterocycles. The number of fused-ring (bicyclic) bond motifs is 1. The van der Waals surface area contributed by atoms with E-state index in [1.807, 2.05) is 0 Å². The van der Waals surface area contributed by atoms with E-state index in [2.05, 4.69) is 20.4 Å². The van der Waals surface area contributed by atoms with Crippen LogP contribution in [0.25, 0.3) is 16.8 Å². The van der Waals surface area contributed by atoms with Crippen LogP contribution in [0.4, 0.5) is 27.8 Å². The summed E-state index contributed by atoms with van der Waals surface area (Å²) in [4.78, 5) is 20.6. The Kier molecular flexibility index (Phi) is 7.56. The Morgan fingerprint density at radius 1 is 1.18 bits per heavy atom. The molecule has 9 nitrogen and oxygen atoms in total. The number of nitrogen functional groups attached to an aromatic ring is 1. The van der Waals surface area contributed by atoms with E-state index in [1.165, 1.54) is 19.2 Å². The van der Waals surface area contributed by atoms with Gasteiger partial charge in [-0.25, -0.2) is 23.3 Å². The first kappa shape index (κ1) is 27.5. The SMILES string of the molecule is CCOc1cc(CNC(=O)c2cc(F)ccc2OC)cc(F)c1-c1nc([C@@H](C)C(F)(F)F)n2ncnc(N)c12. The van der Waals surface area contributed by atoms with Gasteiger partial charge >= 0.3 is 6.18 Å². The monoisotopic (exact) mass is 550 g/mol. The zero-order chi connectivity index (χ0) is 28.5. The fourth-order valence-corrected chi connectivity index (χ4v) is 3.95. The van der Waals surface area contributed by atoms with Crippen LogP contribution < -0.4 is 20.5 Å². The minimum atomic E-state index is -4.66. The Labute approximate surface area is 218 Å². The highest BCUT2D eigenvalue weighted by molar-refractivity contribution is 5.97. The van der Waals surface area contributed by atoms with Crippen LogP contribution in [0.2, 0.25) is 0 Å². The number of anilines is 1. The van der Waals surface area contributed by atoms with Crippen molar-refractivity contribution in [1.29, 1.82) is 0 Å². The van der Waals surface area contributed by atoms with Crippen LogP contribution in [0.1, 0.15) is 41.5 Å². The molecule has 1 atom stereocenters. The number of nitrogens with zero attached hydrogens (tertiary/aromatic N) is 4. The van der Waals surface area contributed by atoms with Gasteiger partial charge in [0, 0.05) is 6.54 Å². The van der Waals surface area contributed by atoms with Gasteiger partial charge in [-0.2, -0.15) is 18.3 Å². The molecular weight excluding hydrogens is 527 g/mol. The van der Waals surface area contributed by atoms with Crippen molar-refractivity contribution < 1.29 is 36.2 Å². The van der Waals surface area contributed by atoms with E-state index in [-0.39, 0.29) is 58.4 Å². The largest absolute Gasteiger partial charge is 0.496 e. The van der Waals surface area contributed by atoms with E-state index in [4.69, 9.17) is 15.2 Å².